The summed E-state index contributed by atoms with van der Waals surface area (Å²) in [5.41, 5.74) is 3.19. The zero-order chi connectivity index (χ0) is 23.9. The highest BCUT2D eigenvalue weighted by Crippen LogP contribution is 2.24. The summed E-state index contributed by atoms with van der Waals surface area (Å²) in [5.74, 6) is 0.418. The van der Waals surface area contributed by atoms with Gasteiger partial charge in [0.25, 0.3) is 0 Å². The Morgan fingerprint density at radius 2 is 2.00 bits per heavy atom. The van der Waals surface area contributed by atoms with Crippen LogP contribution in [0.4, 0.5) is 17.2 Å². The second-order valence-electron chi connectivity index (χ2n) is 9.15. The number of fused-ring (bicyclic) bond motifs is 1. The van der Waals surface area contributed by atoms with Gasteiger partial charge in [0.05, 0.1) is 12.2 Å². The molecule has 0 spiro atoms. The van der Waals surface area contributed by atoms with E-state index in [4.69, 9.17) is 9.98 Å². The highest BCUT2D eigenvalue weighted by Gasteiger charge is 2.20. The van der Waals surface area contributed by atoms with Crippen molar-refractivity contribution in [1.82, 2.24) is 29.5 Å². The zero-order valence-corrected chi connectivity index (χ0v) is 19.4. The topological polar surface area (TPSA) is 130 Å². The molecule has 1 aliphatic carbocycles. The Bertz CT molecular complexity index is 1560. The summed E-state index contributed by atoms with van der Waals surface area (Å²) >= 11 is 0. The van der Waals surface area contributed by atoms with Crippen molar-refractivity contribution < 1.29 is 5.11 Å². The van der Waals surface area contributed by atoms with E-state index in [1.54, 1.807) is 16.8 Å². The average molecular weight is 474 g/mol. The molecule has 0 amide bonds. The normalized spacial score (nSPS) is 18.0. The van der Waals surface area contributed by atoms with Crippen molar-refractivity contribution in [3.63, 3.8) is 0 Å². The number of hydrogen-bond acceptors (Lipinski definition) is 8. The molecule has 0 atom stereocenters. The second-order valence-corrected chi connectivity index (χ2v) is 9.15. The molecule has 0 bridgehead atoms. The molecule has 2 fully saturated rings. The van der Waals surface area contributed by atoms with Gasteiger partial charge in [0.15, 0.2) is 11.1 Å². The van der Waals surface area contributed by atoms with Gasteiger partial charge < -0.3 is 25.2 Å². The van der Waals surface area contributed by atoms with Gasteiger partial charge in [-0.25, -0.2) is 9.78 Å². The minimum Gasteiger partial charge on any atom is -0.493 e. The maximum atomic E-state index is 11.5. The summed E-state index contributed by atoms with van der Waals surface area (Å²) < 4.78 is 1.69. The minimum absolute atomic E-state index is 0.229. The molecule has 6 rings (SSSR count). The summed E-state index contributed by atoms with van der Waals surface area (Å²) in [7, 11) is 2.15. The molecule has 1 saturated heterocycles. The van der Waals surface area contributed by atoms with Crippen LogP contribution >= 0.6 is 0 Å². The molecule has 180 valence electrons. The van der Waals surface area contributed by atoms with Gasteiger partial charge in [0.1, 0.15) is 11.5 Å². The fourth-order valence-corrected chi connectivity index (χ4v) is 4.25. The Hall–Kier alpha value is -4.12. The Kier molecular flexibility index (Phi) is 5.25. The molecule has 3 aromatic heterocycles. The van der Waals surface area contributed by atoms with Gasteiger partial charge >= 0.3 is 5.69 Å². The molecule has 4 aromatic rings. The zero-order valence-electron chi connectivity index (χ0n) is 19.4. The lowest BCUT2D eigenvalue weighted by molar-refractivity contribution is 0.313. The first-order chi connectivity index (χ1) is 17.0. The van der Waals surface area contributed by atoms with Crippen LogP contribution in [0.2, 0.25) is 0 Å². The number of aromatic hydroxyl groups is 1. The minimum atomic E-state index is -0.481. The number of H-pyrrole nitrogens is 2. The fourth-order valence-electron chi connectivity index (χ4n) is 4.25. The molecule has 11 nitrogen and oxygen atoms in total. The van der Waals surface area contributed by atoms with Crippen LogP contribution in [-0.4, -0.2) is 73.8 Å². The second kappa shape index (κ2) is 8.58. The van der Waals surface area contributed by atoms with E-state index in [1.807, 2.05) is 18.2 Å². The molecule has 4 heterocycles. The van der Waals surface area contributed by atoms with E-state index < -0.39 is 5.69 Å². The van der Waals surface area contributed by atoms with Gasteiger partial charge in [-0.05, 0) is 44.2 Å². The fraction of sp³-hybridized carbons (Fsp3) is 0.333. The van der Waals surface area contributed by atoms with Crippen LogP contribution < -0.4 is 26.6 Å². The van der Waals surface area contributed by atoms with E-state index in [1.165, 1.54) is 5.69 Å². The molecule has 1 aliphatic heterocycles. The molecule has 0 unspecified atom stereocenters. The Morgan fingerprint density at radius 1 is 1.17 bits per heavy atom. The van der Waals surface area contributed by atoms with Gasteiger partial charge in [-0.3, -0.25) is 9.98 Å². The van der Waals surface area contributed by atoms with Crippen molar-refractivity contribution in [2.24, 2.45) is 4.99 Å². The monoisotopic (exact) mass is 473 g/mol. The van der Waals surface area contributed by atoms with Crippen LogP contribution in [0.25, 0.3) is 11.7 Å². The number of nitrogens with zero attached hydrogens (tertiary/aromatic N) is 6. The number of hydrogen-bond donors (Lipinski definition) is 4. The van der Waals surface area contributed by atoms with E-state index in [2.05, 4.69) is 49.4 Å². The molecule has 35 heavy (non-hydrogen) atoms. The van der Waals surface area contributed by atoms with Crippen LogP contribution in [0.15, 0.2) is 46.3 Å². The quantitative estimate of drug-likeness (QED) is 0.333. The number of rotatable bonds is 5. The standard InChI is InChI=1S/C24H27N9O2/c1-31-7-9-32(10-8-31)18-4-2-3-17(12-18)26-20-13-21(27-16-5-6-16)33-22(29-20)15(14-25-33)11-19-23(34)30-24(35)28-19/h2-4,11-14,16,26,34H,5-10H2,1H3,(H2,28,30,35)/b15-11+,27-21?. The summed E-state index contributed by atoms with van der Waals surface area (Å²) in [6.07, 6.45) is 5.43. The number of aromatic amines is 2. The molecule has 1 aromatic carbocycles. The lowest BCUT2D eigenvalue weighted by Gasteiger charge is -2.34. The van der Waals surface area contributed by atoms with Crippen LogP contribution in [0.1, 0.15) is 18.5 Å². The van der Waals surface area contributed by atoms with E-state index in [9.17, 15) is 9.90 Å². The number of benzene rings is 1. The first kappa shape index (κ1) is 21.4. The number of aromatic nitrogens is 5. The maximum Gasteiger partial charge on any atom is 0.326 e. The first-order valence-corrected chi connectivity index (χ1v) is 11.8. The number of imidazole rings is 1. The van der Waals surface area contributed by atoms with Crippen LogP contribution in [0.3, 0.4) is 0 Å². The molecule has 1 saturated carbocycles. The predicted octanol–water partition coefficient (Wildman–Crippen LogP) is 0.558. The Labute approximate surface area is 200 Å². The number of likely N-dealkylation sites (N-methyl/N-ethyl adjacent to an activating group) is 1. The predicted molar refractivity (Wildman–Crippen MR) is 133 cm³/mol. The Balaban J connectivity index is 1.39. The summed E-state index contributed by atoms with van der Waals surface area (Å²) in [5, 5.41) is 18.5. The molecular formula is C24H27N9O2. The van der Waals surface area contributed by atoms with Gasteiger partial charge in [-0.1, -0.05) is 6.07 Å². The average Bonchev–Trinajstić information content (AvgIpc) is 3.48. The lowest BCUT2D eigenvalue weighted by atomic mass is 10.2. The van der Waals surface area contributed by atoms with Gasteiger partial charge in [0, 0.05) is 48.8 Å². The molecule has 11 heteroatoms. The largest absolute Gasteiger partial charge is 0.493 e. The molecule has 4 N–H and O–H groups in total. The van der Waals surface area contributed by atoms with Crippen LogP contribution in [-0.2, 0) is 0 Å². The summed E-state index contributed by atoms with van der Waals surface area (Å²) in [4.78, 5) is 30.8. The van der Waals surface area contributed by atoms with Crippen molar-refractivity contribution in [3.05, 3.63) is 63.4 Å². The van der Waals surface area contributed by atoms with Gasteiger partial charge in [-0.2, -0.15) is 9.61 Å². The Morgan fingerprint density at radius 3 is 2.74 bits per heavy atom. The number of nitrogens with one attached hydrogen (secondary N) is 3. The van der Waals surface area contributed by atoms with Crippen molar-refractivity contribution in [3.8, 4) is 5.88 Å². The lowest BCUT2D eigenvalue weighted by Crippen LogP contribution is -2.44. The molecule has 2 aliphatic rings. The molecular weight excluding hydrogens is 446 g/mol. The van der Waals surface area contributed by atoms with Crippen molar-refractivity contribution >= 4 is 28.9 Å². The highest BCUT2D eigenvalue weighted by molar-refractivity contribution is 5.65. The van der Waals surface area contributed by atoms with E-state index >= 15 is 0 Å². The van der Waals surface area contributed by atoms with E-state index in [0.717, 1.165) is 44.7 Å². The number of piperazine rings is 1. The third kappa shape index (κ3) is 4.50. The SMILES string of the molecule is CN1CCN(c2cccc(Nc3cc(=NC4CC4)n4nc/c(=C\c5[nH]c(=O)[nH]c5O)c4n3)c2)CC1. The first-order valence-electron chi connectivity index (χ1n) is 11.8. The van der Waals surface area contributed by atoms with Crippen molar-refractivity contribution in [2.45, 2.75) is 18.9 Å². The van der Waals surface area contributed by atoms with Crippen molar-refractivity contribution in [2.75, 3.05) is 43.4 Å². The van der Waals surface area contributed by atoms with E-state index in [0.29, 0.717) is 28.2 Å². The highest BCUT2D eigenvalue weighted by atomic mass is 16.3. The van der Waals surface area contributed by atoms with Crippen LogP contribution in [0.5, 0.6) is 5.88 Å². The third-order valence-corrected chi connectivity index (χ3v) is 6.36. The smallest absolute Gasteiger partial charge is 0.326 e. The summed E-state index contributed by atoms with van der Waals surface area (Å²) in [6, 6.07) is 10.6. The third-order valence-electron chi connectivity index (χ3n) is 6.36. The van der Waals surface area contributed by atoms with Gasteiger partial charge in [0.2, 0.25) is 5.88 Å². The summed E-state index contributed by atoms with van der Waals surface area (Å²) in [6.45, 7) is 4.09. The van der Waals surface area contributed by atoms with Gasteiger partial charge in [-0.15, -0.1) is 0 Å². The van der Waals surface area contributed by atoms with Crippen molar-refractivity contribution in [1.29, 1.82) is 0 Å². The van der Waals surface area contributed by atoms with Crippen LogP contribution in [0, 0.1) is 0 Å². The molecule has 0 radical (unpaired) electrons. The maximum absolute atomic E-state index is 11.5. The van der Waals surface area contributed by atoms with E-state index in [-0.39, 0.29) is 11.6 Å². The number of anilines is 3.